The van der Waals surface area contributed by atoms with Crippen LogP contribution in [0.25, 0.3) is 11.3 Å². The molecular formula is C22H29FN2P+. The van der Waals surface area contributed by atoms with E-state index < -0.39 is 7.26 Å². The van der Waals surface area contributed by atoms with Crippen LogP contribution in [0.3, 0.4) is 0 Å². The maximum Gasteiger partial charge on any atom is 0.123 e. The van der Waals surface area contributed by atoms with Crippen LogP contribution in [0.15, 0.2) is 42.1 Å². The van der Waals surface area contributed by atoms with E-state index in [-0.39, 0.29) is 5.82 Å². The first-order valence-corrected chi connectivity index (χ1v) is 12.3. The topological polar surface area (TPSA) is 24.9 Å². The second kappa shape index (κ2) is 7.88. The molecule has 1 aliphatic carbocycles. The van der Waals surface area contributed by atoms with Crippen LogP contribution in [-0.2, 0) is 6.42 Å². The van der Waals surface area contributed by atoms with Crippen molar-refractivity contribution in [2.24, 2.45) is 0 Å². The molecule has 0 spiro atoms. The smallest absolute Gasteiger partial charge is 0.123 e. The number of nitrogens with one attached hydrogen (secondary N) is 1. The van der Waals surface area contributed by atoms with Crippen molar-refractivity contribution in [3.8, 4) is 11.3 Å². The zero-order chi connectivity index (χ0) is 18.7. The number of nitrogens with zero attached hydrogens (tertiary/aromatic N) is 1. The fraction of sp³-hybridized carbons (Fsp3) is 0.409. The van der Waals surface area contributed by atoms with Crippen molar-refractivity contribution in [2.45, 2.75) is 33.1 Å². The van der Waals surface area contributed by atoms with Crippen molar-refractivity contribution in [1.82, 2.24) is 10.3 Å². The first-order valence-electron chi connectivity index (χ1n) is 9.42. The Balaban J connectivity index is 1.95. The Labute approximate surface area is 157 Å². The van der Waals surface area contributed by atoms with Crippen LogP contribution in [0.2, 0.25) is 0 Å². The lowest BCUT2D eigenvalue weighted by Gasteiger charge is -2.21. The number of benzene rings is 1. The van der Waals surface area contributed by atoms with Gasteiger partial charge in [-0.05, 0) is 57.2 Å². The molecule has 1 fully saturated rings. The molecule has 0 saturated heterocycles. The summed E-state index contributed by atoms with van der Waals surface area (Å²) in [5.41, 5.74) is 5.87. The molecule has 138 valence electrons. The average molecular weight is 371 g/mol. The van der Waals surface area contributed by atoms with E-state index in [1.54, 1.807) is 0 Å². The van der Waals surface area contributed by atoms with Gasteiger partial charge in [-0.15, -0.1) is 0 Å². The van der Waals surface area contributed by atoms with E-state index in [4.69, 9.17) is 4.98 Å². The predicted molar refractivity (Wildman–Crippen MR) is 112 cm³/mol. The molecule has 1 N–H and O–H groups in total. The van der Waals surface area contributed by atoms with Gasteiger partial charge in [0.05, 0.1) is 25.2 Å². The van der Waals surface area contributed by atoms with Gasteiger partial charge in [0, 0.05) is 43.1 Å². The number of pyridine rings is 1. The highest BCUT2D eigenvalue weighted by atomic mass is 31.2. The predicted octanol–water partition coefficient (Wildman–Crippen LogP) is 4.93. The molecule has 0 aliphatic heterocycles. The summed E-state index contributed by atoms with van der Waals surface area (Å²) in [7, 11) is -1.19. The van der Waals surface area contributed by atoms with E-state index in [0.717, 1.165) is 29.9 Å². The minimum Gasteiger partial charge on any atom is -0.391 e. The molecule has 1 aliphatic rings. The summed E-state index contributed by atoms with van der Waals surface area (Å²) in [6.45, 7) is 10.1. The van der Waals surface area contributed by atoms with Crippen molar-refractivity contribution < 1.29 is 4.39 Å². The van der Waals surface area contributed by atoms with Crippen molar-refractivity contribution in [3.63, 3.8) is 0 Å². The third-order valence-corrected chi connectivity index (χ3v) is 8.58. The summed E-state index contributed by atoms with van der Waals surface area (Å²) in [5.74, 6) is -0.207. The molecule has 0 unspecified atom stereocenters. The normalized spacial score (nSPS) is 13.7. The van der Waals surface area contributed by atoms with Crippen LogP contribution in [-0.4, -0.2) is 31.0 Å². The Morgan fingerprint density at radius 3 is 2.50 bits per heavy atom. The Hall–Kier alpha value is -1.73. The van der Waals surface area contributed by atoms with Gasteiger partial charge < -0.3 is 5.32 Å². The zero-order valence-electron chi connectivity index (χ0n) is 16.3. The van der Waals surface area contributed by atoms with Gasteiger partial charge in [-0.3, -0.25) is 4.98 Å². The van der Waals surface area contributed by atoms with Gasteiger partial charge in [-0.2, -0.15) is 0 Å². The monoisotopic (exact) mass is 371 g/mol. The average Bonchev–Trinajstić information content (AvgIpc) is 3.45. The third kappa shape index (κ3) is 4.51. The molecule has 2 nitrogen and oxygen atoms in total. The summed E-state index contributed by atoms with van der Waals surface area (Å²) >= 11 is 0. The molecule has 2 aromatic rings. The standard InChI is InChI=1S/C22H29FN2P/c1-5-26(3,4)21-14-20(12-13-24-15-17-6-7-17)25-22(16(21)2)18-8-10-19(23)11-9-18/h8-11,14-15,24H,5-7,12-13H2,1-4H3/q+1. The Kier molecular flexibility index (Phi) is 5.77. The van der Waals surface area contributed by atoms with Crippen LogP contribution >= 0.6 is 7.26 Å². The molecule has 4 heteroatoms. The summed E-state index contributed by atoms with van der Waals surface area (Å²) in [5, 5.41) is 4.86. The maximum absolute atomic E-state index is 13.4. The molecule has 0 radical (unpaired) electrons. The largest absolute Gasteiger partial charge is 0.391 e. The van der Waals surface area contributed by atoms with Crippen LogP contribution in [0.1, 0.15) is 31.0 Å². The second-order valence-corrected chi connectivity index (χ2v) is 12.1. The van der Waals surface area contributed by atoms with E-state index >= 15 is 0 Å². The van der Waals surface area contributed by atoms with Crippen molar-refractivity contribution in [1.29, 1.82) is 0 Å². The van der Waals surface area contributed by atoms with Gasteiger partial charge in [0.15, 0.2) is 0 Å². The molecule has 0 atom stereocenters. The van der Waals surface area contributed by atoms with Gasteiger partial charge in [-0.1, -0.05) is 5.57 Å². The summed E-state index contributed by atoms with van der Waals surface area (Å²) in [6.07, 6.45) is 6.70. The lowest BCUT2D eigenvalue weighted by atomic mass is 10.1. The van der Waals surface area contributed by atoms with E-state index in [9.17, 15) is 4.39 Å². The molecule has 1 saturated carbocycles. The lowest BCUT2D eigenvalue weighted by molar-refractivity contribution is 0.628. The van der Waals surface area contributed by atoms with E-state index in [2.05, 4.69) is 44.8 Å². The molecule has 26 heavy (non-hydrogen) atoms. The fourth-order valence-electron chi connectivity index (χ4n) is 3.10. The SMILES string of the molecule is CC[P+](C)(C)c1cc(CCNC=C2CC2)nc(-c2ccc(F)cc2)c1C. The van der Waals surface area contributed by atoms with Gasteiger partial charge >= 0.3 is 0 Å². The Morgan fingerprint density at radius 2 is 1.88 bits per heavy atom. The number of hydrogen-bond acceptors (Lipinski definition) is 2. The quantitative estimate of drug-likeness (QED) is 0.551. The Bertz CT molecular complexity index is 804. The number of rotatable bonds is 7. The van der Waals surface area contributed by atoms with Gasteiger partial charge in [0.25, 0.3) is 0 Å². The third-order valence-electron chi connectivity index (χ3n) is 5.23. The van der Waals surface area contributed by atoms with E-state index in [1.165, 1.54) is 47.6 Å². The minimum absolute atomic E-state index is 0.207. The van der Waals surface area contributed by atoms with Gasteiger partial charge in [0.2, 0.25) is 0 Å². The van der Waals surface area contributed by atoms with Crippen molar-refractivity contribution in [3.05, 3.63) is 59.2 Å². The molecular weight excluding hydrogens is 342 g/mol. The van der Waals surface area contributed by atoms with Crippen molar-refractivity contribution in [2.75, 3.05) is 26.0 Å². The van der Waals surface area contributed by atoms with Gasteiger partial charge in [-0.25, -0.2) is 4.39 Å². The molecule has 0 bridgehead atoms. The first-order chi connectivity index (χ1) is 12.4. The highest BCUT2D eigenvalue weighted by Crippen LogP contribution is 2.50. The minimum atomic E-state index is -1.19. The zero-order valence-corrected chi connectivity index (χ0v) is 17.2. The van der Waals surface area contributed by atoms with Crippen LogP contribution in [0, 0.1) is 12.7 Å². The maximum atomic E-state index is 13.4. The van der Waals surface area contributed by atoms with Crippen molar-refractivity contribution >= 4 is 12.6 Å². The molecule has 0 amide bonds. The van der Waals surface area contributed by atoms with Gasteiger partial charge in [0.1, 0.15) is 11.1 Å². The number of allylic oxidation sites excluding steroid dienone is 1. The fourth-order valence-corrected chi connectivity index (χ4v) is 4.95. The molecule has 1 heterocycles. The van der Waals surface area contributed by atoms with Crippen LogP contribution < -0.4 is 10.6 Å². The summed E-state index contributed by atoms with van der Waals surface area (Å²) in [4.78, 5) is 4.95. The Morgan fingerprint density at radius 1 is 1.19 bits per heavy atom. The molecule has 1 aromatic heterocycles. The highest BCUT2D eigenvalue weighted by molar-refractivity contribution is 7.81. The highest BCUT2D eigenvalue weighted by Gasteiger charge is 2.30. The molecule has 3 rings (SSSR count). The second-order valence-electron chi connectivity index (χ2n) is 7.62. The first kappa shape index (κ1) is 19.0. The number of hydrogen-bond donors (Lipinski definition) is 1. The van der Waals surface area contributed by atoms with E-state index in [0.29, 0.717) is 0 Å². The number of aromatic nitrogens is 1. The van der Waals surface area contributed by atoms with Crippen LogP contribution in [0.5, 0.6) is 0 Å². The van der Waals surface area contributed by atoms with Crippen LogP contribution in [0.4, 0.5) is 4.39 Å². The summed E-state index contributed by atoms with van der Waals surface area (Å²) < 4.78 is 13.4. The van der Waals surface area contributed by atoms with E-state index in [1.807, 2.05) is 12.1 Å². The lowest BCUT2D eigenvalue weighted by Crippen LogP contribution is -2.20. The molecule has 1 aromatic carbocycles. The summed E-state index contributed by atoms with van der Waals surface area (Å²) in [6, 6.07) is 9.03. The number of halogens is 1.